The van der Waals surface area contributed by atoms with Gasteiger partial charge in [0.1, 0.15) is 22.0 Å². The normalized spacial score (nSPS) is 24.4. The van der Waals surface area contributed by atoms with Gasteiger partial charge in [0.15, 0.2) is 0 Å². The third-order valence-corrected chi connectivity index (χ3v) is 7.82. The van der Waals surface area contributed by atoms with Crippen LogP contribution in [0.4, 0.5) is 0 Å². The molecule has 0 bridgehead atoms. The van der Waals surface area contributed by atoms with Gasteiger partial charge in [-0.2, -0.15) is 13.5 Å². The minimum absolute atomic E-state index is 0.0526. The Labute approximate surface area is 170 Å². The molecule has 2 N–H and O–H groups in total. The minimum Gasteiger partial charge on any atom is -0.352 e. The molecule has 1 aromatic heterocycles. The monoisotopic (exact) mass is 424 g/mol. The number of carbonyl (C=O) groups is 1. The topological polar surface area (TPSA) is 101 Å². The molecule has 1 aliphatic rings. The first-order chi connectivity index (χ1) is 13.2. The summed E-state index contributed by atoms with van der Waals surface area (Å²) >= 11 is 0.967. The van der Waals surface area contributed by atoms with Crippen molar-refractivity contribution < 1.29 is 13.2 Å². The number of hydrogen-bond donors (Lipinski definition) is 2. The summed E-state index contributed by atoms with van der Waals surface area (Å²) in [6, 6.07) is 4.07. The van der Waals surface area contributed by atoms with Gasteiger partial charge in [0.25, 0.3) is 0 Å². The van der Waals surface area contributed by atoms with Gasteiger partial charge in [0, 0.05) is 6.04 Å². The Morgan fingerprint density at radius 1 is 1.21 bits per heavy atom. The SMILES string of the molecule is CC(C)C(NS(=O)(=O)c1cccc2nsnc12)C(=O)NC1CCCC(C)C1C. The van der Waals surface area contributed by atoms with Gasteiger partial charge >= 0.3 is 0 Å². The van der Waals surface area contributed by atoms with Crippen LogP contribution in [0.15, 0.2) is 23.1 Å². The molecule has 2 aromatic rings. The summed E-state index contributed by atoms with van der Waals surface area (Å²) in [5.74, 6) is 0.451. The van der Waals surface area contributed by atoms with Crippen LogP contribution in [0.5, 0.6) is 0 Å². The lowest BCUT2D eigenvalue weighted by Crippen LogP contribution is -2.54. The van der Waals surface area contributed by atoms with Gasteiger partial charge in [-0.15, -0.1) is 0 Å². The Balaban J connectivity index is 1.80. The van der Waals surface area contributed by atoms with E-state index in [1.807, 2.05) is 13.8 Å². The van der Waals surface area contributed by atoms with E-state index in [9.17, 15) is 13.2 Å². The maximum Gasteiger partial charge on any atom is 0.243 e. The minimum atomic E-state index is -3.92. The van der Waals surface area contributed by atoms with Crippen LogP contribution in [0.2, 0.25) is 0 Å². The molecule has 1 heterocycles. The second kappa shape index (κ2) is 8.42. The number of aromatic nitrogens is 2. The van der Waals surface area contributed by atoms with Gasteiger partial charge in [-0.05, 0) is 36.3 Å². The van der Waals surface area contributed by atoms with Crippen molar-refractivity contribution in [3.05, 3.63) is 18.2 Å². The summed E-state index contributed by atoms with van der Waals surface area (Å²) in [6.07, 6.45) is 3.17. The molecule has 0 spiro atoms. The highest BCUT2D eigenvalue weighted by molar-refractivity contribution is 7.89. The number of sulfonamides is 1. The molecule has 3 rings (SSSR count). The van der Waals surface area contributed by atoms with Crippen molar-refractivity contribution in [2.75, 3.05) is 0 Å². The van der Waals surface area contributed by atoms with E-state index >= 15 is 0 Å². The average molecular weight is 425 g/mol. The summed E-state index contributed by atoms with van der Waals surface area (Å²) in [5.41, 5.74) is 0.862. The van der Waals surface area contributed by atoms with Gasteiger partial charge in [0.05, 0.1) is 11.7 Å². The average Bonchev–Trinajstić information content (AvgIpc) is 3.12. The quantitative estimate of drug-likeness (QED) is 0.742. The Morgan fingerprint density at radius 3 is 2.68 bits per heavy atom. The highest BCUT2D eigenvalue weighted by Gasteiger charge is 2.34. The second-order valence-corrected chi connectivity index (χ2v) is 10.3. The molecule has 4 atom stereocenters. The molecule has 1 amide bonds. The Morgan fingerprint density at radius 2 is 1.96 bits per heavy atom. The molecule has 1 aliphatic carbocycles. The fraction of sp³-hybridized carbons (Fsp3) is 0.632. The first-order valence-corrected chi connectivity index (χ1v) is 12.0. The van der Waals surface area contributed by atoms with E-state index in [4.69, 9.17) is 0 Å². The maximum atomic E-state index is 13.0. The Hall–Kier alpha value is -1.58. The van der Waals surface area contributed by atoms with Gasteiger partial charge in [-0.25, -0.2) is 8.42 Å². The van der Waals surface area contributed by atoms with Crippen molar-refractivity contribution in [2.45, 2.75) is 63.9 Å². The molecule has 154 valence electrons. The lowest BCUT2D eigenvalue weighted by molar-refractivity contribution is -0.125. The van der Waals surface area contributed by atoms with Crippen molar-refractivity contribution >= 4 is 38.7 Å². The molecule has 7 nitrogen and oxygen atoms in total. The molecule has 28 heavy (non-hydrogen) atoms. The largest absolute Gasteiger partial charge is 0.352 e. The second-order valence-electron chi connectivity index (χ2n) is 8.11. The van der Waals surface area contributed by atoms with Gasteiger partial charge in [0.2, 0.25) is 15.9 Å². The van der Waals surface area contributed by atoms with E-state index in [1.165, 1.54) is 12.5 Å². The zero-order chi connectivity index (χ0) is 20.5. The van der Waals surface area contributed by atoms with E-state index in [0.29, 0.717) is 22.9 Å². The molecule has 0 radical (unpaired) electrons. The number of rotatable bonds is 6. The van der Waals surface area contributed by atoms with Gasteiger partial charge in [-0.1, -0.05) is 46.6 Å². The molecule has 4 unspecified atom stereocenters. The maximum absolute atomic E-state index is 13.0. The summed E-state index contributed by atoms with van der Waals surface area (Å²) < 4.78 is 36.8. The number of fused-ring (bicyclic) bond motifs is 1. The highest BCUT2D eigenvalue weighted by Crippen LogP contribution is 2.29. The molecule has 1 fully saturated rings. The molecule has 0 aliphatic heterocycles. The van der Waals surface area contributed by atoms with E-state index in [2.05, 4.69) is 32.6 Å². The first-order valence-electron chi connectivity index (χ1n) is 9.74. The summed E-state index contributed by atoms with van der Waals surface area (Å²) in [5, 5.41) is 3.09. The van der Waals surface area contributed by atoms with E-state index < -0.39 is 16.1 Å². The zero-order valence-electron chi connectivity index (χ0n) is 16.7. The number of benzene rings is 1. The first kappa shape index (κ1) is 21.1. The van der Waals surface area contributed by atoms with Crippen molar-refractivity contribution in [1.82, 2.24) is 18.8 Å². The molecule has 0 saturated heterocycles. The van der Waals surface area contributed by atoms with Crippen molar-refractivity contribution in [3.63, 3.8) is 0 Å². The van der Waals surface area contributed by atoms with Crippen LogP contribution >= 0.6 is 11.7 Å². The van der Waals surface area contributed by atoms with E-state index in [1.54, 1.807) is 12.1 Å². The number of nitrogens with zero attached hydrogens (tertiary/aromatic N) is 2. The summed E-state index contributed by atoms with van der Waals surface area (Å²) in [6.45, 7) is 8.03. The molecular weight excluding hydrogens is 396 g/mol. The van der Waals surface area contributed by atoms with Crippen LogP contribution < -0.4 is 10.0 Å². The Bertz CT molecular complexity index is 942. The smallest absolute Gasteiger partial charge is 0.243 e. The van der Waals surface area contributed by atoms with Crippen LogP contribution in [-0.2, 0) is 14.8 Å². The zero-order valence-corrected chi connectivity index (χ0v) is 18.3. The standard InChI is InChI=1S/C19H28N4O3S2/c1-11(2)17(19(24)20-14-8-5-7-12(3)13(14)4)23-28(25,26)16-10-6-9-15-18(16)22-27-21-15/h6,9-14,17,23H,5,7-8H2,1-4H3,(H,20,24). The van der Waals surface area contributed by atoms with Crippen LogP contribution in [-0.4, -0.2) is 35.2 Å². The van der Waals surface area contributed by atoms with Crippen molar-refractivity contribution in [3.8, 4) is 0 Å². The number of hydrogen-bond acceptors (Lipinski definition) is 6. The van der Waals surface area contributed by atoms with E-state index in [-0.39, 0.29) is 22.8 Å². The predicted octanol–water partition coefficient (Wildman–Crippen LogP) is 2.94. The fourth-order valence-electron chi connectivity index (χ4n) is 3.78. The van der Waals surface area contributed by atoms with Crippen LogP contribution in [0, 0.1) is 17.8 Å². The Kier molecular flexibility index (Phi) is 6.36. The molecule has 9 heteroatoms. The third-order valence-electron chi connectivity index (χ3n) is 5.80. The van der Waals surface area contributed by atoms with Crippen LogP contribution in [0.3, 0.4) is 0 Å². The molecule has 1 aromatic carbocycles. The summed E-state index contributed by atoms with van der Waals surface area (Å²) in [4.78, 5) is 13.0. The van der Waals surface area contributed by atoms with Crippen LogP contribution in [0.25, 0.3) is 11.0 Å². The molecule has 1 saturated carbocycles. The number of carbonyl (C=O) groups excluding carboxylic acids is 1. The van der Waals surface area contributed by atoms with Gasteiger partial charge in [-0.3, -0.25) is 4.79 Å². The van der Waals surface area contributed by atoms with Gasteiger partial charge < -0.3 is 5.32 Å². The van der Waals surface area contributed by atoms with Crippen molar-refractivity contribution in [2.24, 2.45) is 17.8 Å². The lowest BCUT2D eigenvalue weighted by Gasteiger charge is -2.35. The van der Waals surface area contributed by atoms with Crippen LogP contribution in [0.1, 0.15) is 47.0 Å². The lowest BCUT2D eigenvalue weighted by atomic mass is 9.78. The number of amides is 1. The van der Waals surface area contributed by atoms with Crippen molar-refractivity contribution in [1.29, 1.82) is 0 Å². The molecular formula is C19H28N4O3S2. The summed E-state index contributed by atoms with van der Waals surface area (Å²) in [7, 11) is -3.92. The van der Waals surface area contributed by atoms with E-state index in [0.717, 1.165) is 24.6 Å². The highest BCUT2D eigenvalue weighted by atomic mass is 32.2. The predicted molar refractivity (Wildman–Crippen MR) is 110 cm³/mol. The number of nitrogens with one attached hydrogen (secondary N) is 2. The fourth-order valence-corrected chi connectivity index (χ4v) is 5.89. The third kappa shape index (κ3) is 4.36.